The van der Waals surface area contributed by atoms with Gasteiger partial charge >= 0.3 is 0 Å². The monoisotopic (exact) mass is 502 g/mol. The lowest BCUT2D eigenvalue weighted by Crippen LogP contribution is -2.51. The van der Waals surface area contributed by atoms with Gasteiger partial charge < -0.3 is 9.80 Å². The summed E-state index contributed by atoms with van der Waals surface area (Å²) in [6, 6.07) is 6.28. The molecule has 1 aromatic carbocycles. The second-order valence-corrected chi connectivity index (χ2v) is 8.39. The average molecular weight is 503 g/mol. The zero-order valence-corrected chi connectivity index (χ0v) is 18.9. The number of aldehydes is 1. The van der Waals surface area contributed by atoms with Gasteiger partial charge in [0.05, 0.1) is 47.4 Å². The van der Waals surface area contributed by atoms with E-state index in [0.717, 1.165) is 5.56 Å². The number of hydrogen-bond acceptors (Lipinski definition) is 5. The maximum Gasteiger partial charge on any atom is 0.242 e. The van der Waals surface area contributed by atoms with E-state index in [4.69, 9.17) is 11.6 Å². The Kier molecular flexibility index (Phi) is 7.67. The van der Waals surface area contributed by atoms with Crippen molar-refractivity contribution < 1.29 is 9.59 Å². The number of nitrogens with zero attached hydrogens (tertiary/aromatic N) is 4. The minimum absolute atomic E-state index is 0.00202. The van der Waals surface area contributed by atoms with Crippen molar-refractivity contribution >= 4 is 52.9 Å². The largest absolute Gasteiger partial charge is 0.358 e. The summed E-state index contributed by atoms with van der Waals surface area (Å²) in [6.45, 7) is 7.47. The maximum atomic E-state index is 12.8. The molecule has 1 aliphatic heterocycles. The summed E-state index contributed by atoms with van der Waals surface area (Å²) in [5.41, 5.74) is 4.00. The number of rotatable bonds is 6. The van der Waals surface area contributed by atoms with E-state index < -0.39 is 0 Å². The molecule has 1 saturated heterocycles. The second-order valence-electron chi connectivity index (χ2n) is 6.58. The molecule has 8 heteroatoms. The highest BCUT2D eigenvalue weighted by Gasteiger charge is 2.30. The smallest absolute Gasteiger partial charge is 0.242 e. The summed E-state index contributed by atoms with van der Waals surface area (Å²) in [4.78, 5) is 27.7. The molecule has 0 N–H and O–H groups in total. The lowest BCUT2D eigenvalue weighted by Gasteiger charge is -2.39. The number of allylic oxidation sites excluding steroid dienone is 2. The predicted molar refractivity (Wildman–Crippen MR) is 117 cm³/mol. The van der Waals surface area contributed by atoms with E-state index in [9.17, 15) is 9.59 Å². The van der Waals surface area contributed by atoms with Gasteiger partial charge in [0.25, 0.3) is 0 Å². The van der Waals surface area contributed by atoms with Crippen LogP contribution in [-0.2, 0) is 9.59 Å². The third-order valence-corrected chi connectivity index (χ3v) is 5.16. The van der Waals surface area contributed by atoms with Crippen molar-refractivity contribution in [2.45, 2.75) is 26.8 Å². The Morgan fingerprint density at radius 1 is 1.37 bits per heavy atom. The van der Waals surface area contributed by atoms with Gasteiger partial charge in [-0.05, 0) is 31.9 Å². The normalized spacial score (nSPS) is 17.2. The highest BCUT2D eigenvalue weighted by atomic mass is 127. The topological polar surface area (TPSA) is 56.2 Å². The molecule has 27 heavy (non-hydrogen) atoms. The molecule has 0 aliphatic carbocycles. The molecular weight excluding hydrogens is 479 g/mol. The molecule has 0 saturated carbocycles. The lowest BCUT2D eigenvalue weighted by molar-refractivity contribution is -0.137. The number of carbonyl (C=O) groups excluding carboxylic acids is 2. The van der Waals surface area contributed by atoms with Crippen LogP contribution in [0.5, 0.6) is 0 Å². The first kappa shape index (κ1) is 21.7. The highest BCUT2D eigenvalue weighted by molar-refractivity contribution is 14.1. The van der Waals surface area contributed by atoms with Crippen LogP contribution in [0.4, 0.5) is 0 Å². The molecule has 1 heterocycles. The van der Waals surface area contributed by atoms with E-state index in [-0.39, 0.29) is 23.5 Å². The van der Waals surface area contributed by atoms with Crippen LogP contribution in [0.1, 0.15) is 29.7 Å². The van der Waals surface area contributed by atoms with Crippen LogP contribution in [0.25, 0.3) is 0 Å². The average Bonchev–Trinajstić information content (AvgIpc) is 2.61. The molecule has 2 rings (SSSR count). The van der Waals surface area contributed by atoms with Crippen molar-refractivity contribution in [1.29, 1.82) is 0 Å². The zero-order valence-electron chi connectivity index (χ0n) is 15.9. The summed E-state index contributed by atoms with van der Waals surface area (Å²) in [5.74, 6) is -0.00202. The van der Waals surface area contributed by atoms with E-state index in [2.05, 4.69) is 37.1 Å². The second kappa shape index (κ2) is 9.54. The minimum Gasteiger partial charge on any atom is -0.358 e. The van der Waals surface area contributed by atoms with Crippen LogP contribution in [0.15, 0.2) is 34.0 Å². The quantitative estimate of drug-likeness (QED) is 0.149. The van der Waals surface area contributed by atoms with Gasteiger partial charge in [-0.2, -0.15) is 5.10 Å². The molecule has 0 bridgehead atoms. The molecule has 0 spiro atoms. The summed E-state index contributed by atoms with van der Waals surface area (Å²) in [5, 5.41) is 4.19. The Morgan fingerprint density at radius 2 is 2.07 bits per heavy atom. The summed E-state index contributed by atoms with van der Waals surface area (Å²) < 4.78 is 1.58. The number of carbonyl (C=O) groups is 2. The fourth-order valence-electron chi connectivity index (χ4n) is 3.25. The summed E-state index contributed by atoms with van der Waals surface area (Å²) in [6.07, 6.45) is 2.09. The van der Waals surface area contributed by atoms with Gasteiger partial charge in [-0.15, -0.1) is 0 Å². The van der Waals surface area contributed by atoms with Crippen LogP contribution in [0.2, 0.25) is 0 Å². The number of aryl methyl sites for hydroxylation is 2. The van der Waals surface area contributed by atoms with Crippen molar-refractivity contribution in [1.82, 2.24) is 13.0 Å². The lowest BCUT2D eigenvalue weighted by atomic mass is 9.98. The first-order valence-corrected chi connectivity index (χ1v) is 9.99. The molecule has 1 fully saturated rings. The molecule has 1 atom stereocenters. The first-order valence-electron chi connectivity index (χ1n) is 8.64. The minimum atomic E-state index is -0.0108. The number of hydrazone groups is 1. The van der Waals surface area contributed by atoms with Crippen molar-refractivity contribution in [3.05, 3.63) is 45.6 Å². The van der Waals surface area contributed by atoms with Crippen molar-refractivity contribution in [3.63, 3.8) is 0 Å². The molecular formula is C19H24ClIN4O2. The van der Waals surface area contributed by atoms with E-state index in [1.165, 1.54) is 17.3 Å². The molecule has 1 amide bonds. The van der Waals surface area contributed by atoms with Crippen LogP contribution in [-0.4, -0.2) is 58.1 Å². The van der Waals surface area contributed by atoms with Crippen LogP contribution in [0, 0.1) is 13.8 Å². The Morgan fingerprint density at radius 3 is 2.63 bits per heavy atom. The van der Waals surface area contributed by atoms with Gasteiger partial charge in [0.15, 0.2) is 6.29 Å². The third-order valence-electron chi connectivity index (χ3n) is 4.63. The van der Waals surface area contributed by atoms with Gasteiger partial charge in [-0.1, -0.05) is 35.4 Å². The van der Waals surface area contributed by atoms with Gasteiger partial charge in [-0.3, -0.25) is 9.59 Å². The number of benzene rings is 1. The van der Waals surface area contributed by atoms with Crippen LogP contribution < -0.4 is 0 Å². The number of halogens is 2. The van der Waals surface area contributed by atoms with E-state index in [1.807, 2.05) is 34.7 Å². The van der Waals surface area contributed by atoms with Crippen molar-refractivity contribution in [2.24, 2.45) is 5.10 Å². The number of hydrogen-bond donors (Lipinski definition) is 0. The van der Waals surface area contributed by atoms with Crippen molar-refractivity contribution in [3.8, 4) is 0 Å². The molecule has 1 unspecified atom stereocenters. The Bertz CT molecular complexity index is 779. The molecule has 1 aliphatic rings. The first-order chi connectivity index (χ1) is 12.7. The van der Waals surface area contributed by atoms with Gasteiger partial charge in [0.1, 0.15) is 5.03 Å². The zero-order chi connectivity index (χ0) is 20.1. The van der Waals surface area contributed by atoms with Crippen LogP contribution in [0.3, 0.4) is 0 Å². The maximum absolute atomic E-state index is 12.8. The number of piperazine rings is 1. The van der Waals surface area contributed by atoms with Crippen LogP contribution >= 0.6 is 34.5 Å². The fraction of sp³-hybridized carbons (Fsp3) is 0.421. The predicted octanol–water partition coefficient (Wildman–Crippen LogP) is 3.43. The summed E-state index contributed by atoms with van der Waals surface area (Å²) in [7, 11) is 1.76. The Labute approximate surface area is 179 Å². The van der Waals surface area contributed by atoms with E-state index >= 15 is 0 Å². The molecule has 146 valence electrons. The molecule has 0 radical (unpaired) electrons. The van der Waals surface area contributed by atoms with Gasteiger partial charge in [-0.25, -0.2) is 3.22 Å². The third kappa shape index (κ3) is 5.44. The molecule has 0 aromatic heterocycles. The van der Waals surface area contributed by atoms with Crippen molar-refractivity contribution in [2.75, 3.05) is 26.7 Å². The standard InChI is InChI=1S/C19H24ClIN4O2/c1-13-5-6-16(14(2)9-13)15(3)25-8-7-24(11-19(25)27)18(17(20)12-26)10-22-23(4)21/h5-6,9-10,12,15H,7-8,11H2,1-4H3/b18-17-,22-10?. The molecule has 6 nitrogen and oxygen atoms in total. The van der Waals surface area contributed by atoms with E-state index in [1.54, 1.807) is 15.2 Å². The Hall–Kier alpha value is -1.61. The fourth-order valence-corrected chi connectivity index (χ4v) is 3.55. The SMILES string of the molecule is Cc1ccc(C(C)N2CCN(/C(C=NN(C)I)=C(\Cl)C=O)CC2=O)c(C)c1. The van der Waals surface area contributed by atoms with Gasteiger partial charge in [0.2, 0.25) is 5.91 Å². The number of amides is 1. The molecule has 1 aromatic rings. The Balaban J connectivity index is 2.19. The highest BCUT2D eigenvalue weighted by Crippen LogP contribution is 2.27. The van der Waals surface area contributed by atoms with E-state index in [0.29, 0.717) is 25.1 Å². The van der Waals surface area contributed by atoms with Gasteiger partial charge in [0, 0.05) is 20.1 Å². The summed E-state index contributed by atoms with van der Waals surface area (Å²) >= 11 is 8.06.